The Labute approximate surface area is 153 Å². The zero-order valence-electron chi connectivity index (χ0n) is 14.9. The molecular weight excluding hydrogens is 356 g/mol. The summed E-state index contributed by atoms with van der Waals surface area (Å²) in [5.41, 5.74) is 0.576. The number of carbonyl (C=O) groups is 1. The van der Waals surface area contributed by atoms with Crippen molar-refractivity contribution in [2.45, 2.75) is 18.7 Å². The number of carbonyl (C=O) groups excluding carboxylic acids is 1. The van der Waals surface area contributed by atoms with E-state index in [1.165, 1.54) is 25.3 Å². The fourth-order valence-electron chi connectivity index (χ4n) is 2.15. The van der Waals surface area contributed by atoms with Gasteiger partial charge in [0.1, 0.15) is 11.5 Å². The number of benzene rings is 2. The second kappa shape index (κ2) is 8.20. The molecule has 0 atom stereocenters. The van der Waals surface area contributed by atoms with Crippen LogP contribution in [0.2, 0.25) is 0 Å². The minimum absolute atomic E-state index is 0.123. The van der Waals surface area contributed by atoms with E-state index in [1.54, 1.807) is 24.3 Å². The molecule has 140 valence electrons. The molecule has 0 aliphatic rings. The van der Waals surface area contributed by atoms with Crippen molar-refractivity contribution < 1.29 is 22.7 Å². The third kappa shape index (κ3) is 5.21. The van der Waals surface area contributed by atoms with E-state index >= 15 is 0 Å². The first kappa shape index (κ1) is 19.7. The number of sulfonamides is 1. The van der Waals surface area contributed by atoms with E-state index in [2.05, 4.69) is 5.32 Å². The molecule has 0 aromatic heterocycles. The largest absolute Gasteiger partial charge is 0.495 e. The lowest BCUT2D eigenvalue weighted by Gasteiger charge is -2.13. The van der Waals surface area contributed by atoms with Crippen molar-refractivity contribution in [3.05, 3.63) is 48.0 Å². The predicted molar refractivity (Wildman–Crippen MR) is 99.1 cm³/mol. The highest BCUT2D eigenvalue weighted by Crippen LogP contribution is 2.28. The van der Waals surface area contributed by atoms with Gasteiger partial charge in [0.2, 0.25) is 10.0 Å². The standard InChI is InChI=1S/C18H22N2O5S/c1-12(2)11-25-14-6-4-5-13(9-14)18(21)20-16-10-15(26(19,22)23)7-8-17(16)24-3/h4-10,12H,11H2,1-3H3,(H,20,21)(H2,19,22,23). The van der Waals surface area contributed by atoms with Crippen molar-refractivity contribution in [3.63, 3.8) is 0 Å². The van der Waals surface area contributed by atoms with Gasteiger partial charge >= 0.3 is 0 Å². The van der Waals surface area contributed by atoms with Gasteiger partial charge in [0.25, 0.3) is 5.91 Å². The van der Waals surface area contributed by atoms with E-state index in [9.17, 15) is 13.2 Å². The Morgan fingerprint density at radius 3 is 2.54 bits per heavy atom. The van der Waals surface area contributed by atoms with Crippen molar-refractivity contribution in [3.8, 4) is 11.5 Å². The van der Waals surface area contributed by atoms with Gasteiger partial charge in [0.15, 0.2) is 0 Å². The van der Waals surface area contributed by atoms with Crippen LogP contribution in [0.25, 0.3) is 0 Å². The summed E-state index contributed by atoms with van der Waals surface area (Å²) in [6.45, 7) is 4.60. The van der Waals surface area contributed by atoms with Crippen LogP contribution in [0.3, 0.4) is 0 Å². The van der Waals surface area contributed by atoms with Crippen LogP contribution in [0.5, 0.6) is 11.5 Å². The number of methoxy groups -OCH3 is 1. The van der Waals surface area contributed by atoms with Gasteiger partial charge in [0.05, 0.1) is 24.3 Å². The number of nitrogens with one attached hydrogen (secondary N) is 1. The lowest BCUT2D eigenvalue weighted by molar-refractivity contribution is 0.102. The van der Waals surface area contributed by atoms with E-state index in [1.807, 2.05) is 13.8 Å². The zero-order valence-corrected chi connectivity index (χ0v) is 15.7. The molecule has 0 saturated carbocycles. The highest BCUT2D eigenvalue weighted by atomic mass is 32.2. The van der Waals surface area contributed by atoms with E-state index in [0.29, 0.717) is 29.6 Å². The lowest BCUT2D eigenvalue weighted by atomic mass is 10.2. The molecule has 0 bridgehead atoms. The summed E-state index contributed by atoms with van der Waals surface area (Å²) >= 11 is 0. The van der Waals surface area contributed by atoms with Crippen molar-refractivity contribution >= 4 is 21.6 Å². The quantitative estimate of drug-likeness (QED) is 0.770. The average Bonchev–Trinajstić information content (AvgIpc) is 2.59. The molecule has 0 aliphatic carbocycles. The Morgan fingerprint density at radius 2 is 1.92 bits per heavy atom. The highest BCUT2D eigenvalue weighted by molar-refractivity contribution is 7.89. The number of primary sulfonamides is 1. The lowest BCUT2D eigenvalue weighted by Crippen LogP contribution is -2.15. The monoisotopic (exact) mass is 378 g/mol. The zero-order chi connectivity index (χ0) is 19.3. The first-order valence-electron chi connectivity index (χ1n) is 7.95. The third-order valence-electron chi connectivity index (χ3n) is 3.43. The van der Waals surface area contributed by atoms with Crippen LogP contribution in [0.15, 0.2) is 47.4 Å². The Kier molecular flexibility index (Phi) is 6.23. The van der Waals surface area contributed by atoms with Gasteiger partial charge in [0, 0.05) is 5.56 Å². The Bertz CT molecular complexity index is 894. The third-order valence-corrected chi connectivity index (χ3v) is 4.34. The van der Waals surface area contributed by atoms with Crippen LogP contribution >= 0.6 is 0 Å². The van der Waals surface area contributed by atoms with Gasteiger partial charge in [-0.25, -0.2) is 13.6 Å². The summed E-state index contributed by atoms with van der Waals surface area (Å²) < 4.78 is 33.8. The number of rotatable bonds is 7. The second-order valence-electron chi connectivity index (χ2n) is 6.09. The molecule has 2 aromatic rings. The minimum atomic E-state index is -3.90. The number of ether oxygens (including phenoxy) is 2. The van der Waals surface area contributed by atoms with Gasteiger partial charge in [-0.1, -0.05) is 19.9 Å². The van der Waals surface area contributed by atoms with Crippen LogP contribution < -0.4 is 19.9 Å². The minimum Gasteiger partial charge on any atom is -0.495 e. The fraction of sp³-hybridized carbons (Fsp3) is 0.278. The highest BCUT2D eigenvalue weighted by Gasteiger charge is 2.15. The van der Waals surface area contributed by atoms with E-state index in [4.69, 9.17) is 14.6 Å². The maximum absolute atomic E-state index is 12.5. The number of nitrogens with two attached hydrogens (primary N) is 1. The van der Waals surface area contributed by atoms with Gasteiger partial charge in [-0.3, -0.25) is 4.79 Å². The summed E-state index contributed by atoms with van der Waals surface area (Å²) in [6.07, 6.45) is 0. The van der Waals surface area contributed by atoms with E-state index < -0.39 is 15.9 Å². The molecule has 8 heteroatoms. The van der Waals surface area contributed by atoms with Gasteiger partial charge in [-0.15, -0.1) is 0 Å². The molecule has 1 amide bonds. The average molecular weight is 378 g/mol. The number of amides is 1. The molecular formula is C18H22N2O5S. The molecule has 0 spiro atoms. The Morgan fingerprint density at radius 1 is 1.19 bits per heavy atom. The van der Waals surface area contributed by atoms with Crippen LogP contribution in [0.1, 0.15) is 24.2 Å². The first-order valence-corrected chi connectivity index (χ1v) is 9.50. The number of hydrogen-bond donors (Lipinski definition) is 2. The molecule has 2 aromatic carbocycles. The maximum atomic E-state index is 12.5. The summed E-state index contributed by atoms with van der Waals surface area (Å²) in [5.74, 6) is 0.831. The van der Waals surface area contributed by atoms with Crippen LogP contribution in [-0.2, 0) is 10.0 Å². The summed E-state index contributed by atoms with van der Waals surface area (Å²) in [6, 6.07) is 10.7. The van der Waals surface area contributed by atoms with E-state index in [0.717, 1.165) is 0 Å². The summed E-state index contributed by atoms with van der Waals surface area (Å²) in [4.78, 5) is 12.4. The molecule has 0 aliphatic heterocycles. The van der Waals surface area contributed by atoms with Gasteiger partial charge in [-0.2, -0.15) is 0 Å². The van der Waals surface area contributed by atoms with E-state index in [-0.39, 0.29) is 10.6 Å². The van der Waals surface area contributed by atoms with Crippen molar-refractivity contribution in [1.29, 1.82) is 0 Å². The molecule has 0 heterocycles. The van der Waals surface area contributed by atoms with Crippen molar-refractivity contribution in [2.24, 2.45) is 11.1 Å². The first-order chi connectivity index (χ1) is 12.2. The number of anilines is 1. The van der Waals surface area contributed by atoms with Crippen LogP contribution in [-0.4, -0.2) is 28.0 Å². The summed E-state index contributed by atoms with van der Waals surface area (Å²) in [7, 11) is -2.48. The Balaban J connectivity index is 2.25. The van der Waals surface area contributed by atoms with Crippen molar-refractivity contribution in [2.75, 3.05) is 19.0 Å². The predicted octanol–water partition coefficient (Wildman–Crippen LogP) is 2.63. The fourth-order valence-corrected chi connectivity index (χ4v) is 2.69. The smallest absolute Gasteiger partial charge is 0.255 e. The van der Waals surface area contributed by atoms with Gasteiger partial charge in [-0.05, 0) is 42.3 Å². The summed E-state index contributed by atoms with van der Waals surface area (Å²) in [5, 5.41) is 7.78. The molecule has 7 nitrogen and oxygen atoms in total. The topological polar surface area (TPSA) is 108 Å². The number of hydrogen-bond acceptors (Lipinski definition) is 5. The second-order valence-corrected chi connectivity index (χ2v) is 7.66. The maximum Gasteiger partial charge on any atom is 0.255 e. The van der Waals surface area contributed by atoms with Crippen LogP contribution in [0, 0.1) is 5.92 Å². The van der Waals surface area contributed by atoms with Crippen molar-refractivity contribution in [1.82, 2.24) is 0 Å². The normalized spacial score (nSPS) is 11.3. The SMILES string of the molecule is COc1ccc(S(N)(=O)=O)cc1NC(=O)c1cccc(OCC(C)C)c1. The molecule has 3 N–H and O–H groups in total. The molecule has 2 rings (SSSR count). The van der Waals surface area contributed by atoms with Crippen LogP contribution in [0.4, 0.5) is 5.69 Å². The molecule has 26 heavy (non-hydrogen) atoms. The Hall–Kier alpha value is -2.58. The molecule has 0 fully saturated rings. The molecule has 0 saturated heterocycles. The molecule has 0 radical (unpaired) electrons. The molecule has 0 unspecified atom stereocenters. The van der Waals surface area contributed by atoms with Gasteiger partial charge < -0.3 is 14.8 Å².